The third-order valence-electron chi connectivity index (χ3n) is 7.24. The largest absolute Gasteiger partial charge is 0.496 e. The molecule has 1 aliphatic heterocycles. The second-order valence-corrected chi connectivity index (χ2v) is 11.2. The van der Waals surface area contributed by atoms with E-state index in [1.807, 2.05) is 39.8 Å². The monoisotopic (exact) mass is 577 g/mol. The van der Waals surface area contributed by atoms with Gasteiger partial charge in [-0.2, -0.15) is 0 Å². The number of aryl methyl sites for hydroxylation is 2. The predicted molar refractivity (Wildman–Crippen MR) is 157 cm³/mol. The van der Waals surface area contributed by atoms with Crippen LogP contribution in [0.5, 0.6) is 11.5 Å². The second kappa shape index (κ2) is 13.5. The molecule has 0 unspecified atom stereocenters. The molecule has 1 fully saturated rings. The summed E-state index contributed by atoms with van der Waals surface area (Å²) in [7, 11) is 1.56. The minimum Gasteiger partial charge on any atom is -0.496 e. The smallest absolute Gasteiger partial charge is 0.268 e. The molecule has 1 aliphatic rings. The highest BCUT2D eigenvalue weighted by molar-refractivity contribution is 6.02. The number of ketones is 1. The Bertz CT molecular complexity index is 1450. The van der Waals surface area contributed by atoms with Gasteiger partial charge in [0, 0.05) is 46.9 Å². The highest BCUT2D eigenvalue weighted by Crippen LogP contribution is 2.26. The van der Waals surface area contributed by atoms with Crippen LogP contribution in [-0.4, -0.2) is 65.8 Å². The van der Waals surface area contributed by atoms with Gasteiger partial charge in [0.2, 0.25) is 11.8 Å². The van der Waals surface area contributed by atoms with Gasteiger partial charge in [0.25, 0.3) is 5.91 Å². The van der Waals surface area contributed by atoms with E-state index in [2.05, 4.69) is 25.9 Å². The highest BCUT2D eigenvalue weighted by Gasteiger charge is 2.33. The van der Waals surface area contributed by atoms with Crippen molar-refractivity contribution >= 4 is 34.4 Å². The molecule has 0 spiro atoms. The van der Waals surface area contributed by atoms with E-state index in [1.165, 1.54) is 0 Å². The molecule has 4 rings (SSSR count). The number of pyridine rings is 1. The summed E-state index contributed by atoms with van der Waals surface area (Å²) in [5.74, 6) is -0.703. The van der Waals surface area contributed by atoms with Crippen molar-refractivity contribution in [1.82, 2.24) is 25.9 Å². The van der Waals surface area contributed by atoms with Gasteiger partial charge in [-0.05, 0) is 57.2 Å². The van der Waals surface area contributed by atoms with Crippen molar-refractivity contribution < 1.29 is 28.7 Å². The van der Waals surface area contributed by atoms with Crippen LogP contribution in [0, 0.1) is 25.7 Å². The van der Waals surface area contributed by atoms with Crippen molar-refractivity contribution in [3.8, 4) is 11.5 Å². The minimum absolute atomic E-state index is 0.0696. The first-order valence-corrected chi connectivity index (χ1v) is 14.2. The molecule has 11 heteroatoms. The summed E-state index contributed by atoms with van der Waals surface area (Å²) in [5, 5.41) is 9.18. The molecule has 224 valence electrons. The summed E-state index contributed by atoms with van der Waals surface area (Å²) in [5.41, 5.74) is 2.52. The maximum atomic E-state index is 13.6. The van der Waals surface area contributed by atoms with Gasteiger partial charge >= 0.3 is 0 Å². The maximum absolute atomic E-state index is 13.6. The van der Waals surface area contributed by atoms with Gasteiger partial charge in [-0.15, -0.1) is 0 Å². The lowest BCUT2D eigenvalue weighted by Gasteiger charge is -2.25. The summed E-state index contributed by atoms with van der Waals surface area (Å²) in [4.78, 5) is 59.9. The van der Waals surface area contributed by atoms with Gasteiger partial charge in [0.1, 0.15) is 29.8 Å². The number of nitrogens with zero attached hydrogens (tertiary/aromatic N) is 1. The van der Waals surface area contributed by atoms with Gasteiger partial charge in [0.05, 0.1) is 13.2 Å². The first kappa shape index (κ1) is 30.5. The van der Waals surface area contributed by atoms with Crippen molar-refractivity contribution in [2.75, 3.05) is 20.3 Å². The number of hydrogen-bond donors (Lipinski definition) is 4. The topological polar surface area (TPSA) is 152 Å². The summed E-state index contributed by atoms with van der Waals surface area (Å²) < 4.78 is 11.1. The molecule has 3 aromatic rings. The van der Waals surface area contributed by atoms with Crippen molar-refractivity contribution in [3.05, 3.63) is 53.5 Å². The number of fused-ring (bicyclic) bond motifs is 1. The Morgan fingerprint density at radius 1 is 1.07 bits per heavy atom. The molecule has 42 heavy (non-hydrogen) atoms. The van der Waals surface area contributed by atoms with E-state index in [0.29, 0.717) is 30.9 Å². The molecule has 3 amide bonds. The summed E-state index contributed by atoms with van der Waals surface area (Å²) >= 11 is 0. The Labute approximate surface area is 245 Å². The van der Waals surface area contributed by atoms with Crippen LogP contribution in [0.4, 0.5) is 0 Å². The molecular weight excluding hydrogens is 538 g/mol. The zero-order valence-corrected chi connectivity index (χ0v) is 24.7. The molecule has 2 aromatic heterocycles. The number of amides is 3. The maximum Gasteiger partial charge on any atom is 0.268 e. The van der Waals surface area contributed by atoms with E-state index in [1.54, 1.807) is 31.4 Å². The number of carbonyl (C=O) groups is 4. The van der Waals surface area contributed by atoms with Gasteiger partial charge < -0.3 is 30.4 Å². The fourth-order valence-electron chi connectivity index (χ4n) is 5.20. The number of H-pyrrole nitrogens is 1. The number of Topliss-reactive ketones (excluding diaryl/α,β-unsaturated/α-hetero) is 1. The van der Waals surface area contributed by atoms with Crippen molar-refractivity contribution in [3.63, 3.8) is 0 Å². The Kier molecular flexibility index (Phi) is 9.82. The highest BCUT2D eigenvalue weighted by atomic mass is 16.5. The van der Waals surface area contributed by atoms with E-state index in [9.17, 15) is 19.2 Å². The van der Waals surface area contributed by atoms with E-state index < -0.39 is 29.8 Å². The Morgan fingerprint density at radius 2 is 1.81 bits per heavy atom. The van der Waals surface area contributed by atoms with E-state index in [4.69, 9.17) is 9.47 Å². The fraction of sp³-hybridized carbons (Fsp3) is 0.452. The molecule has 3 heterocycles. The zero-order chi connectivity index (χ0) is 30.4. The quantitative estimate of drug-likeness (QED) is 0.244. The Balaban J connectivity index is 1.50. The molecule has 0 radical (unpaired) electrons. The predicted octanol–water partition coefficient (Wildman–Crippen LogP) is 2.99. The van der Waals surface area contributed by atoms with Crippen molar-refractivity contribution in [1.29, 1.82) is 0 Å². The van der Waals surface area contributed by atoms with Crippen LogP contribution < -0.4 is 25.4 Å². The molecule has 11 nitrogen and oxygen atoms in total. The number of nitrogens with one attached hydrogen (secondary N) is 4. The van der Waals surface area contributed by atoms with Gasteiger partial charge in [-0.25, -0.2) is 0 Å². The number of aromatic amines is 1. The molecule has 1 saturated heterocycles. The number of methoxy groups -OCH3 is 1. The van der Waals surface area contributed by atoms with E-state index in [0.717, 1.165) is 22.3 Å². The molecule has 0 bridgehead atoms. The standard InChI is InChI=1S/C31H39N5O6/c1-17(2)11-25(36-31(40)26-15-22-23(34-26)7-6-8-28(22)41-5)30(39)35-24(14-20-9-10-32-29(20)38)27(37)16-42-21-12-18(3)33-19(4)13-21/h6-8,12-13,15,17,20,24-25,34H,9-11,14,16H2,1-5H3,(H,32,38)(H,35,39)(H,36,40)/t20-,24-,25-/m0/s1. The second-order valence-electron chi connectivity index (χ2n) is 11.2. The lowest BCUT2D eigenvalue weighted by Crippen LogP contribution is -2.53. The number of hydrogen-bond acceptors (Lipinski definition) is 7. The van der Waals surface area contributed by atoms with Gasteiger partial charge in [-0.3, -0.25) is 24.2 Å². The Morgan fingerprint density at radius 3 is 2.45 bits per heavy atom. The lowest BCUT2D eigenvalue weighted by atomic mass is 9.95. The number of ether oxygens (including phenoxy) is 2. The van der Waals surface area contributed by atoms with Gasteiger partial charge in [0.15, 0.2) is 5.78 Å². The number of aromatic nitrogens is 2. The molecule has 0 saturated carbocycles. The average molecular weight is 578 g/mol. The van der Waals surface area contributed by atoms with Crippen LogP contribution >= 0.6 is 0 Å². The van der Waals surface area contributed by atoms with Crippen molar-refractivity contribution in [2.45, 2.75) is 59.0 Å². The molecular formula is C31H39N5O6. The van der Waals surface area contributed by atoms with Crippen LogP contribution in [0.1, 0.15) is 55.0 Å². The average Bonchev–Trinajstić information content (AvgIpc) is 3.56. The number of carbonyl (C=O) groups excluding carboxylic acids is 4. The van der Waals surface area contributed by atoms with Crippen LogP contribution in [0.15, 0.2) is 36.4 Å². The van der Waals surface area contributed by atoms with Gasteiger partial charge in [-0.1, -0.05) is 19.9 Å². The normalized spacial score (nSPS) is 16.1. The first-order valence-electron chi connectivity index (χ1n) is 14.2. The number of rotatable bonds is 13. The third kappa shape index (κ3) is 7.65. The molecule has 0 aliphatic carbocycles. The van der Waals surface area contributed by atoms with Crippen LogP contribution in [0.3, 0.4) is 0 Å². The minimum atomic E-state index is -0.973. The van der Waals surface area contributed by atoms with E-state index >= 15 is 0 Å². The zero-order valence-electron chi connectivity index (χ0n) is 24.7. The van der Waals surface area contributed by atoms with E-state index in [-0.39, 0.29) is 36.3 Å². The van der Waals surface area contributed by atoms with Crippen LogP contribution in [-0.2, 0) is 14.4 Å². The fourth-order valence-corrected chi connectivity index (χ4v) is 5.20. The SMILES string of the molecule is COc1cccc2[nH]c(C(=O)N[C@@H](CC(C)C)C(=O)N[C@@H](C[C@@H]3CCNC3=O)C(=O)COc3cc(C)nc(C)c3)cc12. The lowest BCUT2D eigenvalue weighted by molar-refractivity contribution is -0.131. The number of benzene rings is 1. The van der Waals surface area contributed by atoms with Crippen LogP contribution in [0.25, 0.3) is 10.9 Å². The molecule has 4 N–H and O–H groups in total. The first-order chi connectivity index (χ1) is 20.0. The van der Waals surface area contributed by atoms with Crippen LogP contribution in [0.2, 0.25) is 0 Å². The summed E-state index contributed by atoms with van der Waals surface area (Å²) in [6, 6.07) is 8.70. The van der Waals surface area contributed by atoms with Crippen molar-refractivity contribution in [2.24, 2.45) is 11.8 Å². The third-order valence-corrected chi connectivity index (χ3v) is 7.24. The molecule has 3 atom stereocenters. The summed E-state index contributed by atoms with van der Waals surface area (Å²) in [6.07, 6.45) is 1.05. The summed E-state index contributed by atoms with van der Waals surface area (Å²) in [6.45, 7) is 7.78. The Hall–Kier alpha value is -4.41. The molecule has 1 aromatic carbocycles.